The molecule has 92 valence electrons. The first kappa shape index (κ1) is 13.2. The van der Waals surface area contributed by atoms with E-state index in [2.05, 4.69) is 0 Å². The second-order valence-corrected chi connectivity index (χ2v) is 5.42. The minimum Gasteiger partial charge on any atom is -0.466 e. The summed E-state index contributed by atoms with van der Waals surface area (Å²) in [4.78, 5) is 22.1. The number of ether oxygens (including phenoxy) is 1. The molecular weight excluding hydrogens is 204 g/mol. The van der Waals surface area contributed by atoms with E-state index in [-0.39, 0.29) is 11.4 Å². The molecule has 0 spiro atoms. The van der Waals surface area contributed by atoms with E-state index in [1.54, 1.807) is 0 Å². The van der Waals surface area contributed by atoms with Gasteiger partial charge in [0.1, 0.15) is 5.78 Å². The van der Waals surface area contributed by atoms with Gasteiger partial charge in [0, 0.05) is 18.8 Å². The average Bonchev–Trinajstić information content (AvgIpc) is 2.39. The molecule has 0 bridgehead atoms. The average molecular weight is 226 g/mol. The van der Waals surface area contributed by atoms with Crippen LogP contribution in [-0.2, 0) is 14.3 Å². The van der Waals surface area contributed by atoms with E-state index in [1.165, 1.54) is 6.92 Å². The van der Waals surface area contributed by atoms with E-state index in [1.807, 2.05) is 13.8 Å². The third-order valence-electron chi connectivity index (χ3n) is 3.34. The molecule has 0 aromatic rings. The molecule has 16 heavy (non-hydrogen) atoms. The number of unbranched alkanes of at least 4 members (excludes halogenated alkanes) is 1. The van der Waals surface area contributed by atoms with Crippen LogP contribution in [-0.4, -0.2) is 18.4 Å². The fourth-order valence-corrected chi connectivity index (χ4v) is 2.40. The van der Waals surface area contributed by atoms with Crippen LogP contribution < -0.4 is 0 Å². The van der Waals surface area contributed by atoms with Gasteiger partial charge < -0.3 is 4.74 Å². The highest BCUT2D eigenvalue weighted by atomic mass is 16.5. The fourth-order valence-electron chi connectivity index (χ4n) is 2.40. The van der Waals surface area contributed by atoms with Gasteiger partial charge in [-0.1, -0.05) is 13.8 Å². The summed E-state index contributed by atoms with van der Waals surface area (Å²) < 4.78 is 4.86. The zero-order valence-corrected chi connectivity index (χ0v) is 10.5. The van der Waals surface area contributed by atoms with Gasteiger partial charge in [-0.15, -0.1) is 0 Å². The van der Waals surface area contributed by atoms with Crippen molar-refractivity contribution in [3.63, 3.8) is 0 Å². The Balaban J connectivity index is 2.11. The summed E-state index contributed by atoms with van der Waals surface area (Å²) in [5, 5.41) is 0. The summed E-state index contributed by atoms with van der Waals surface area (Å²) in [6, 6.07) is 0. The largest absolute Gasteiger partial charge is 0.466 e. The molecule has 0 N–H and O–H groups in total. The second kappa shape index (κ2) is 5.46. The molecule has 1 aliphatic carbocycles. The van der Waals surface area contributed by atoms with Gasteiger partial charge in [-0.25, -0.2) is 0 Å². The Morgan fingerprint density at radius 3 is 2.62 bits per heavy atom. The number of carbonyl (C=O) groups is 2. The Labute approximate surface area is 97.5 Å². The molecule has 1 rings (SSSR count). The van der Waals surface area contributed by atoms with E-state index >= 15 is 0 Å². The summed E-state index contributed by atoms with van der Waals surface area (Å²) in [5.41, 5.74) is -0.111. The first-order chi connectivity index (χ1) is 7.42. The van der Waals surface area contributed by atoms with Crippen molar-refractivity contribution in [1.82, 2.24) is 0 Å². The molecule has 1 saturated carbocycles. The van der Waals surface area contributed by atoms with Crippen molar-refractivity contribution in [3.05, 3.63) is 0 Å². The summed E-state index contributed by atoms with van der Waals surface area (Å²) in [7, 11) is 0. The molecule has 0 heterocycles. The van der Waals surface area contributed by atoms with Crippen LogP contribution in [0.15, 0.2) is 0 Å². The van der Waals surface area contributed by atoms with Gasteiger partial charge in [-0.2, -0.15) is 0 Å². The van der Waals surface area contributed by atoms with E-state index < -0.39 is 0 Å². The van der Waals surface area contributed by atoms with Crippen molar-refractivity contribution in [1.29, 1.82) is 0 Å². The first-order valence-electron chi connectivity index (χ1n) is 6.08. The van der Waals surface area contributed by atoms with Crippen molar-refractivity contribution in [2.75, 3.05) is 6.61 Å². The molecule has 1 aliphatic rings. The van der Waals surface area contributed by atoms with Crippen LogP contribution in [0.3, 0.4) is 0 Å². The molecule has 0 aromatic heterocycles. The normalized spacial score (nSPS) is 23.4. The molecule has 0 saturated heterocycles. The zero-order chi connectivity index (χ0) is 12.2. The molecule has 0 aromatic carbocycles. The molecular formula is C13H22O3. The van der Waals surface area contributed by atoms with Crippen LogP contribution in [0.5, 0.6) is 0 Å². The Morgan fingerprint density at radius 2 is 2.12 bits per heavy atom. The smallest absolute Gasteiger partial charge is 0.302 e. The maximum atomic E-state index is 11.6. The lowest BCUT2D eigenvalue weighted by molar-refractivity contribution is -0.141. The minimum atomic E-state index is -0.211. The monoisotopic (exact) mass is 226 g/mol. The van der Waals surface area contributed by atoms with Crippen molar-refractivity contribution >= 4 is 11.8 Å². The number of rotatable bonds is 5. The highest BCUT2D eigenvalue weighted by Gasteiger charge is 2.38. The maximum absolute atomic E-state index is 11.6. The van der Waals surface area contributed by atoms with Gasteiger partial charge in [0.25, 0.3) is 0 Å². The number of hydrogen-bond donors (Lipinski definition) is 0. The standard InChI is InChI=1S/C13H22O3/c1-10(14)16-7-5-4-6-11-8-12(15)13(2,3)9-11/h11H,4-9H2,1-3H3/t11-/m0/s1. The Bertz CT molecular complexity index is 268. The summed E-state index contributed by atoms with van der Waals surface area (Å²) in [6.07, 6.45) is 4.78. The number of carbonyl (C=O) groups excluding carboxylic acids is 2. The molecule has 0 radical (unpaired) electrons. The third-order valence-corrected chi connectivity index (χ3v) is 3.34. The second-order valence-electron chi connectivity index (χ2n) is 5.42. The number of ketones is 1. The van der Waals surface area contributed by atoms with E-state index in [9.17, 15) is 9.59 Å². The van der Waals surface area contributed by atoms with Gasteiger partial charge in [-0.3, -0.25) is 9.59 Å². The van der Waals surface area contributed by atoms with E-state index in [4.69, 9.17) is 4.74 Å². The third kappa shape index (κ3) is 3.95. The SMILES string of the molecule is CC(=O)OCCCC[C@H]1CC(=O)C(C)(C)C1. The zero-order valence-electron chi connectivity index (χ0n) is 10.5. The van der Waals surface area contributed by atoms with Gasteiger partial charge in [0.15, 0.2) is 0 Å². The minimum absolute atomic E-state index is 0.111. The Morgan fingerprint density at radius 1 is 1.44 bits per heavy atom. The molecule has 1 fully saturated rings. The molecule has 0 unspecified atom stereocenters. The van der Waals surface area contributed by atoms with E-state index in [0.717, 1.165) is 32.1 Å². The lowest BCUT2D eigenvalue weighted by Gasteiger charge is -2.15. The Hall–Kier alpha value is -0.860. The van der Waals surface area contributed by atoms with Crippen molar-refractivity contribution in [3.8, 4) is 0 Å². The van der Waals surface area contributed by atoms with Crippen molar-refractivity contribution < 1.29 is 14.3 Å². The van der Waals surface area contributed by atoms with Crippen LogP contribution in [0, 0.1) is 11.3 Å². The predicted octanol–water partition coefficient (Wildman–Crippen LogP) is 2.73. The van der Waals surface area contributed by atoms with Gasteiger partial charge in [-0.05, 0) is 31.6 Å². The Kier molecular flexibility index (Phi) is 4.51. The molecule has 0 amide bonds. The lowest BCUT2D eigenvalue weighted by atomic mass is 9.89. The topological polar surface area (TPSA) is 43.4 Å². The van der Waals surface area contributed by atoms with Crippen molar-refractivity contribution in [2.45, 2.75) is 52.9 Å². The maximum Gasteiger partial charge on any atom is 0.302 e. The van der Waals surface area contributed by atoms with Crippen LogP contribution in [0.2, 0.25) is 0 Å². The van der Waals surface area contributed by atoms with Crippen LogP contribution in [0.25, 0.3) is 0 Å². The van der Waals surface area contributed by atoms with Gasteiger partial charge >= 0.3 is 5.97 Å². The fraction of sp³-hybridized carbons (Fsp3) is 0.846. The highest BCUT2D eigenvalue weighted by molar-refractivity contribution is 5.86. The van der Waals surface area contributed by atoms with Crippen LogP contribution >= 0.6 is 0 Å². The number of Topliss-reactive ketones (excluding diaryl/α,β-unsaturated/α-hetero) is 1. The predicted molar refractivity (Wildman–Crippen MR) is 62.0 cm³/mol. The lowest BCUT2D eigenvalue weighted by Crippen LogP contribution is -2.15. The summed E-state index contributed by atoms with van der Waals surface area (Å²) in [6.45, 7) is 6.01. The molecule has 0 aliphatic heterocycles. The van der Waals surface area contributed by atoms with E-state index in [0.29, 0.717) is 18.3 Å². The summed E-state index contributed by atoms with van der Waals surface area (Å²) in [5.74, 6) is 0.731. The van der Waals surface area contributed by atoms with Gasteiger partial charge in [0.2, 0.25) is 0 Å². The van der Waals surface area contributed by atoms with Gasteiger partial charge in [0.05, 0.1) is 6.61 Å². The van der Waals surface area contributed by atoms with Crippen LogP contribution in [0.4, 0.5) is 0 Å². The first-order valence-corrected chi connectivity index (χ1v) is 6.08. The molecule has 3 nitrogen and oxygen atoms in total. The van der Waals surface area contributed by atoms with Crippen molar-refractivity contribution in [2.24, 2.45) is 11.3 Å². The molecule has 1 atom stereocenters. The quantitative estimate of drug-likeness (QED) is 0.534. The highest BCUT2D eigenvalue weighted by Crippen LogP contribution is 2.39. The number of hydrogen-bond acceptors (Lipinski definition) is 3. The van der Waals surface area contributed by atoms with Crippen LogP contribution in [0.1, 0.15) is 52.9 Å². The number of esters is 1. The molecule has 3 heteroatoms. The summed E-state index contributed by atoms with van der Waals surface area (Å²) >= 11 is 0.